The van der Waals surface area contributed by atoms with Gasteiger partial charge in [-0.3, -0.25) is 9.69 Å². The molecule has 0 radical (unpaired) electrons. The second-order valence-electron chi connectivity index (χ2n) is 2.76. The van der Waals surface area contributed by atoms with Crippen LogP contribution >= 0.6 is 0 Å². The van der Waals surface area contributed by atoms with Gasteiger partial charge in [-0.2, -0.15) is 5.26 Å². The van der Waals surface area contributed by atoms with E-state index < -0.39 is 0 Å². The van der Waals surface area contributed by atoms with E-state index in [4.69, 9.17) is 10.00 Å². The highest BCUT2D eigenvalue weighted by Crippen LogP contribution is 1.97. The minimum absolute atomic E-state index is 0.000556. The summed E-state index contributed by atoms with van der Waals surface area (Å²) in [6.45, 7) is 3.39. The van der Waals surface area contributed by atoms with Crippen LogP contribution < -0.4 is 0 Å². The molecule has 1 heterocycles. The van der Waals surface area contributed by atoms with Crippen LogP contribution in [-0.2, 0) is 9.53 Å². The Labute approximate surface area is 71.7 Å². The molecule has 12 heavy (non-hydrogen) atoms. The lowest BCUT2D eigenvalue weighted by Gasteiger charge is -2.25. The molecule has 0 atom stereocenters. The number of nitriles is 1. The van der Waals surface area contributed by atoms with Crippen LogP contribution in [0.5, 0.6) is 0 Å². The number of hydrogen-bond donors (Lipinski definition) is 0. The van der Waals surface area contributed by atoms with Crippen LogP contribution in [0.1, 0.15) is 6.42 Å². The Bertz CT molecular complexity index is 192. The summed E-state index contributed by atoms with van der Waals surface area (Å²) in [6.07, 6.45) is 0.0252. The Kier molecular flexibility index (Phi) is 3.71. The molecule has 0 aromatic rings. The molecular formula is C8H12N2O2. The number of carbonyl (C=O) groups excluding carboxylic acids is 1. The number of nitrogens with zero attached hydrogens (tertiary/aromatic N) is 2. The number of morpholine rings is 1. The van der Waals surface area contributed by atoms with E-state index >= 15 is 0 Å². The maximum Gasteiger partial charge on any atom is 0.160 e. The van der Waals surface area contributed by atoms with Crippen molar-refractivity contribution < 1.29 is 9.53 Å². The molecule has 66 valence electrons. The van der Waals surface area contributed by atoms with Crippen LogP contribution in [0.25, 0.3) is 0 Å². The maximum absolute atomic E-state index is 11.0. The minimum atomic E-state index is -0.000556. The highest BCUT2D eigenvalue weighted by Gasteiger charge is 2.13. The molecule has 0 amide bonds. The molecule has 0 unspecified atom stereocenters. The van der Waals surface area contributed by atoms with E-state index in [1.165, 1.54) is 0 Å². The van der Waals surface area contributed by atoms with Gasteiger partial charge in [0, 0.05) is 13.1 Å². The summed E-state index contributed by atoms with van der Waals surface area (Å²) in [6, 6.07) is 1.85. The van der Waals surface area contributed by atoms with Gasteiger partial charge in [0.25, 0.3) is 0 Å². The van der Waals surface area contributed by atoms with Gasteiger partial charge in [-0.1, -0.05) is 0 Å². The van der Waals surface area contributed by atoms with Crippen molar-refractivity contribution in [1.29, 1.82) is 5.26 Å². The second-order valence-corrected chi connectivity index (χ2v) is 2.76. The van der Waals surface area contributed by atoms with Gasteiger partial charge in [-0.05, 0) is 0 Å². The summed E-state index contributed by atoms with van der Waals surface area (Å²) in [4.78, 5) is 13.0. The van der Waals surface area contributed by atoms with Gasteiger partial charge in [0.05, 0.1) is 32.2 Å². The van der Waals surface area contributed by atoms with Crippen LogP contribution in [0.3, 0.4) is 0 Å². The van der Waals surface area contributed by atoms with E-state index in [2.05, 4.69) is 0 Å². The number of hydrogen-bond acceptors (Lipinski definition) is 4. The molecule has 0 bridgehead atoms. The molecular weight excluding hydrogens is 156 g/mol. The van der Waals surface area contributed by atoms with E-state index in [9.17, 15) is 4.79 Å². The van der Waals surface area contributed by atoms with Gasteiger partial charge >= 0.3 is 0 Å². The Morgan fingerprint density at radius 2 is 2.17 bits per heavy atom. The highest BCUT2D eigenvalue weighted by molar-refractivity contribution is 5.82. The largest absolute Gasteiger partial charge is 0.379 e. The van der Waals surface area contributed by atoms with E-state index in [0.29, 0.717) is 19.8 Å². The molecule has 1 fully saturated rings. The van der Waals surface area contributed by atoms with Crippen molar-refractivity contribution in [2.24, 2.45) is 0 Å². The molecule has 4 nitrogen and oxygen atoms in total. The zero-order chi connectivity index (χ0) is 8.81. The highest BCUT2D eigenvalue weighted by atomic mass is 16.5. The lowest BCUT2D eigenvalue weighted by Crippen LogP contribution is -2.39. The van der Waals surface area contributed by atoms with E-state index in [1.54, 1.807) is 0 Å². The number of rotatable bonds is 3. The average molecular weight is 168 g/mol. The molecule has 0 saturated carbocycles. The summed E-state index contributed by atoms with van der Waals surface area (Å²) >= 11 is 0. The normalized spacial score (nSPS) is 18.6. The zero-order valence-electron chi connectivity index (χ0n) is 6.95. The van der Waals surface area contributed by atoms with Gasteiger partial charge in [0.2, 0.25) is 0 Å². The SMILES string of the molecule is N#CCC(=O)CN1CCOCC1. The summed E-state index contributed by atoms with van der Waals surface area (Å²) in [5.41, 5.74) is 0. The zero-order valence-corrected chi connectivity index (χ0v) is 6.95. The lowest BCUT2D eigenvalue weighted by atomic mass is 10.2. The maximum atomic E-state index is 11.0. The van der Waals surface area contributed by atoms with Crippen LogP contribution in [0.2, 0.25) is 0 Å². The molecule has 1 aliphatic heterocycles. The van der Waals surface area contributed by atoms with Gasteiger partial charge in [0.15, 0.2) is 5.78 Å². The van der Waals surface area contributed by atoms with Crippen molar-refractivity contribution in [1.82, 2.24) is 4.90 Å². The predicted octanol–water partition coefficient (Wildman–Crippen LogP) is -0.199. The molecule has 0 N–H and O–H groups in total. The quantitative estimate of drug-likeness (QED) is 0.585. The summed E-state index contributed by atoms with van der Waals surface area (Å²) in [5.74, 6) is -0.000556. The molecule has 0 spiro atoms. The standard InChI is InChI=1S/C8H12N2O2/c9-2-1-8(11)7-10-3-5-12-6-4-10/h1,3-7H2. The minimum Gasteiger partial charge on any atom is -0.379 e. The van der Waals surface area contributed by atoms with Crippen LogP contribution in [0.4, 0.5) is 0 Å². The van der Waals surface area contributed by atoms with Gasteiger partial charge in [-0.25, -0.2) is 0 Å². The fourth-order valence-electron chi connectivity index (χ4n) is 1.15. The summed E-state index contributed by atoms with van der Waals surface area (Å²) < 4.78 is 5.12. The fourth-order valence-corrected chi connectivity index (χ4v) is 1.15. The van der Waals surface area contributed by atoms with Gasteiger partial charge in [0.1, 0.15) is 0 Å². The van der Waals surface area contributed by atoms with Crippen molar-refractivity contribution >= 4 is 5.78 Å². The second kappa shape index (κ2) is 4.86. The van der Waals surface area contributed by atoms with Crippen molar-refractivity contribution in [3.63, 3.8) is 0 Å². The third-order valence-corrected chi connectivity index (χ3v) is 1.78. The van der Waals surface area contributed by atoms with Crippen LogP contribution in [-0.4, -0.2) is 43.5 Å². The molecule has 1 rings (SSSR count). The van der Waals surface area contributed by atoms with E-state index in [1.807, 2.05) is 11.0 Å². The first-order valence-electron chi connectivity index (χ1n) is 4.01. The van der Waals surface area contributed by atoms with Gasteiger partial charge in [-0.15, -0.1) is 0 Å². The van der Waals surface area contributed by atoms with E-state index in [0.717, 1.165) is 13.1 Å². The number of carbonyl (C=O) groups is 1. The molecule has 4 heteroatoms. The van der Waals surface area contributed by atoms with Crippen molar-refractivity contribution in [3.8, 4) is 6.07 Å². The summed E-state index contributed by atoms with van der Waals surface area (Å²) in [7, 11) is 0. The van der Waals surface area contributed by atoms with Crippen molar-refractivity contribution in [2.75, 3.05) is 32.8 Å². The average Bonchev–Trinajstić information content (AvgIpc) is 2.06. The number of Topliss-reactive ketones (excluding diaryl/α,β-unsaturated/α-hetero) is 1. The first-order chi connectivity index (χ1) is 5.83. The smallest absolute Gasteiger partial charge is 0.160 e. The molecule has 0 aromatic heterocycles. The van der Waals surface area contributed by atoms with Crippen LogP contribution in [0, 0.1) is 11.3 Å². The summed E-state index contributed by atoms with van der Waals surface area (Å²) in [5, 5.41) is 8.25. The molecule has 1 saturated heterocycles. The first kappa shape index (κ1) is 9.17. The Morgan fingerprint density at radius 3 is 2.75 bits per heavy atom. The topological polar surface area (TPSA) is 53.3 Å². The predicted molar refractivity (Wildman–Crippen MR) is 42.5 cm³/mol. The first-order valence-corrected chi connectivity index (χ1v) is 4.01. The molecule has 0 aromatic carbocycles. The Morgan fingerprint density at radius 1 is 1.50 bits per heavy atom. The molecule has 0 aliphatic carbocycles. The van der Waals surface area contributed by atoms with Crippen LogP contribution in [0.15, 0.2) is 0 Å². The lowest BCUT2D eigenvalue weighted by molar-refractivity contribution is -0.120. The fraction of sp³-hybridized carbons (Fsp3) is 0.750. The van der Waals surface area contributed by atoms with Crippen molar-refractivity contribution in [3.05, 3.63) is 0 Å². The Hall–Kier alpha value is -0.920. The van der Waals surface area contributed by atoms with Gasteiger partial charge < -0.3 is 4.74 Å². The third-order valence-electron chi connectivity index (χ3n) is 1.78. The number of ketones is 1. The Balaban J connectivity index is 2.21. The van der Waals surface area contributed by atoms with E-state index in [-0.39, 0.29) is 12.2 Å². The monoisotopic (exact) mass is 168 g/mol. The third kappa shape index (κ3) is 2.99. The number of ether oxygens (including phenoxy) is 1. The van der Waals surface area contributed by atoms with Crippen molar-refractivity contribution in [2.45, 2.75) is 6.42 Å². The molecule has 1 aliphatic rings.